The third kappa shape index (κ3) is 4.56. The first-order chi connectivity index (χ1) is 11.2. The van der Waals surface area contributed by atoms with Crippen LogP contribution < -0.4 is 4.90 Å². The van der Waals surface area contributed by atoms with E-state index >= 15 is 0 Å². The number of carbonyl (C=O) groups excluding carboxylic acids is 1. The van der Waals surface area contributed by atoms with Crippen molar-refractivity contribution < 1.29 is 22.7 Å². The van der Waals surface area contributed by atoms with Crippen LogP contribution >= 0.6 is 0 Å². The standard InChI is InChI=1S/C15H21F3N4O2/c1-21(2)14-19-11(8-12(20-14)15(16,17)18)6-10-7-13(23)22(9-10)4-5-24-3/h8,10H,4-7,9H2,1-3H3/t10-/m1/s1. The maximum absolute atomic E-state index is 13.0. The van der Waals surface area contributed by atoms with Gasteiger partial charge in [0.05, 0.1) is 6.61 Å². The average molecular weight is 346 g/mol. The van der Waals surface area contributed by atoms with Gasteiger partial charge >= 0.3 is 6.18 Å². The van der Waals surface area contributed by atoms with Gasteiger partial charge in [-0.15, -0.1) is 0 Å². The summed E-state index contributed by atoms with van der Waals surface area (Å²) in [4.78, 5) is 22.8. The molecule has 2 rings (SSSR count). The SMILES string of the molecule is COCCN1C[C@H](Cc2cc(C(F)(F)F)nc(N(C)C)n2)CC1=O. The summed E-state index contributed by atoms with van der Waals surface area (Å²) in [6.07, 6.45) is -3.91. The van der Waals surface area contributed by atoms with Crippen LogP contribution in [0.25, 0.3) is 0 Å². The predicted molar refractivity (Wildman–Crippen MR) is 81.6 cm³/mol. The van der Waals surface area contributed by atoms with E-state index in [0.717, 1.165) is 6.07 Å². The van der Waals surface area contributed by atoms with Crippen LogP contribution in [-0.2, 0) is 22.1 Å². The smallest absolute Gasteiger partial charge is 0.383 e. The zero-order valence-electron chi connectivity index (χ0n) is 13.9. The van der Waals surface area contributed by atoms with E-state index in [0.29, 0.717) is 38.2 Å². The van der Waals surface area contributed by atoms with E-state index in [1.807, 2.05) is 0 Å². The van der Waals surface area contributed by atoms with Gasteiger partial charge in [0.2, 0.25) is 11.9 Å². The highest BCUT2D eigenvalue weighted by molar-refractivity contribution is 5.78. The lowest BCUT2D eigenvalue weighted by Gasteiger charge is -2.17. The summed E-state index contributed by atoms with van der Waals surface area (Å²) in [5.41, 5.74) is -0.663. The van der Waals surface area contributed by atoms with Gasteiger partial charge < -0.3 is 14.5 Å². The molecular formula is C15H21F3N4O2. The first-order valence-electron chi connectivity index (χ1n) is 7.60. The Bertz CT molecular complexity index is 593. The number of carbonyl (C=O) groups is 1. The molecule has 0 saturated carbocycles. The minimum Gasteiger partial charge on any atom is -0.383 e. The van der Waals surface area contributed by atoms with Gasteiger partial charge in [0.25, 0.3) is 0 Å². The summed E-state index contributed by atoms with van der Waals surface area (Å²) in [7, 11) is 4.73. The zero-order valence-corrected chi connectivity index (χ0v) is 13.9. The lowest BCUT2D eigenvalue weighted by Crippen LogP contribution is -2.29. The second-order valence-electron chi connectivity index (χ2n) is 6.04. The quantitative estimate of drug-likeness (QED) is 0.783. The second-order valence-corrected chi connectivity index (χ2v) is 6.04. The van der Waals surface area contributed by atoms with Gasteiger partial charge in [0.15, 0.2) is 0 Å². The number of alkyl halides is 3. The molecule has 1 aliphatic heterocycles. The Morgan fingerprint density at radius 1 is 1.38 bits per heavy atom. The zero-order chi connectivity index (χ0) is 17.9. The molecule has 9 heteroatoms. The van der Waals surface area contributed by atoms with Gasteiger partial charge in [0, 0.05) is 46.4 Å². The number of nitrogens with zero attached hydrogens (tertiary/aromatic N) is 4. The van der Waals surface area contributed by atoms with Crippen molar-refractivity contribution in [2.75, 3.05) is 45.8 Å². The summed E-state index contributed by atoms with van der Waals surface area (Å²) >= 11 is 0. The molecule has 134 valence electrons. The van der Waals surface area contributed by atoms with Gasteiger partial charge in [0.1, 0.15) is 5.69 Å². The lowest BCUT2D eigenvalue weighted by atomic mass is 10.0. The number of rotatable bonds is 6. The Morgan fingerprint density at radius 3 is 2.67 bits per heavy atom. The molecule has 24 heavy (non-hydrogen) atoms. The predicted octanol–water partition coefficient (Wildman–Crippen LogP) is 1.60. The summed E-state index contributed by atoms with van der Waals surface area (Å²) in [6.45, 7) is 1.44. The van der Waals surface area contributed by atoms with Crippen LogP contribution in [0.2, 0.25) is 0 Å². The number of hydrogen-bond donors (Lipinski definition) is 0. The fourth-order valence-electron chi connectivity index (χ4n) is 2.64. The number of ether oxygens (including phenoxy) is 1. The molecule has 1 atom stereocenters. The van der Waals surface area contributed by atoms with E-state index in [-0.39, 0.29) is 17.8 Å². The average Bonchev–Trinajstić information content (AvgIpc) is 2.83. The Hall–Kier alpha value is -1.90. The number of likely N-dealkylation sites (tertiary alicyclic amines) is 1. The number of halogens is 3. The molecule has 0 spiro atoms. The molecule has 2 heterocycles. The Morgan fingerprint density at radius 2 is 2.08 bits per heavy atom. The summed E-state index contributed by atoms with van der Waals surface area (Å²) in [6, 6.07) is 0.968. The van der Waals surface area contributed by atoms with Crippen LogP contribution in [0.15, 0.2) is 6.07 Å². The van der Waals surface area contributed by atoms with Crippen molar-refractivity contribution in [3.8, 4) is 0 Å². The van der Waals surface area contributed by atoms with Crippen molar-refractivity contribution in [1.82, 2.24) is 14.9 Å². The molecule has 0 radical (unpaired) electrons. The van der Waals surface area contributed by atoms with Crippen molar-refractivity contribution in [2.45, 2.75) is 19.0 Å². The van der Waals surface area contributed by atoms with E-state index in [9.17, 15) is 18.0 Å². The van der Waals surface area contributed by atoms with Gasteiger partial charge in [-0.2, -0.15) is 13.2 Å². The Labute approximate surface area is 138 Å². The van der Waals surface area contributed by atoms with Gasteiger partial charge in [-0.25, -0.2) is 9.97 Å². The molecule has 1 fully saturated rings. The highest BCUT2D eigenvalue weighted by atomic mass is 19.4. The fraction of sp³-hybridized carbons (Fsp3) is 0.667. The van der Waals surface area contributed by atoms with Gasteiger partial charge in [-0.05, 0) is 18.4 Å². The molecule has 1 aromatic heterocycles. The molecule has 1 amide bonds. The van der Waals surface area contributed by atoms with Crippen LogP contribution in [0.3, 0.4) is 0 Å². The van der Waals surface area contributed by atoms with Crippen molar-refractivity contribution in [3.63, 3.8) is 0 Å². The largest absolute Gasteiger partial charge is 0.433 e. The maximum Gasteiger partial charge on any atom is 0.433 e. The number of amides is 1. The third-order valence-corrected chi connectivity index (χ3v) is 3.82. The number of methoxy groups -OCH3 is 1. The minimum atomic E-state index is -4.53. The fourth-order valence-corrected chi connectivity index (χ4v) is 2.64. The molecule has 0 aliphatic carbocycles. The maximum atomic E-state index is 13.0. The van der Waals surface area contributed by atoms with E-state index in [1.165, 1.54) is 4.90 Å². The van der Waals surface area contributed by atoms with E-state index in [2.05, 4.69) is 9.97 Å². The minimum absolute atomic E-state index is 0.00464. The number of anilines is 1. The van der Waals surface area contributed by atoms with Crippen molar-refractivity contribution in [2.24, 2.45) is 5.92 Å². The van der Waals surface area contributed by atoms with Crippen LogP contribution in [0, 0.1) is 5.92 Å². The Kier molecular flexibility index (Phi) is 5.63. The van der Waals surface area contributed by atoms with Crippen molar-refractivity contribution in [1.29, 1.82) is 0 Å². The summed E-state index contributed by atoms with van der Waals surface area (Å²) < 4.78 is 44.0. The molecule has 0 aromatic carbocycles. The second kappa shape index (κ2) is 7.33. The van der Waals surface area contributed by atoms with E-state index < -0.39 is 11.9 Å². The van der Waals surface area contributed by atoms with Gasteiger partial charge in [-0.3, -0.25) is 4.79 Å². The monoisotopic (exact) mass is 346 g/mol. The first kappa shape index (κ1) is 18.4. The molecule has 0 N–H and O–H groups in total. The molecule has 0 bridgehead atoms. The van der Waals surface area contributed by atoms with Crippen molar-refractivity contribution >= 4 is 11.9 Å². The summed E-state index contributed by atoms with van der Waals surface area (Å²) in [5, 5.41) is 0. The van der Waals surface area contributed by atoms with Crippen LogP contribution in [0.5, 0.6) is 0 Å². The molecule has 1 aliphatic rings. The molecule has 1 aromatic rings. The normalized spacial score (nSPS) is 18.3. The molecule has 0 unspecified atom stereocenters. The van der Waals surface area contributed by atoms with Crippen molar-refractivity contribution in [3.05, 3.63) is 17.5 Å². The van der Waals surface area contributed by atoms with Crippen LogP contribution in [-0.4, -0.2) is 61.7 Å². The molecular weight excluding hydrogens is 325 g/mol. The van der Waals surface area contributed by atoms with E-state index in [4.69, 9.17) is 4.74 Å². The highest BCUT2D eigenvalue weighted by Crippen LogP contribution is 2.30. The van der Waals surface area contributed by atoms with Crippen LogP contribution in [0.4, 0.5) is 19.1 Å². The highest BCUT2D eigenvalue weighted by Gasteiger charge is 2.35. The Balaban J connectivity index is 2.15. The molecule has 6 nitrogen and oxygen atoms in total. The summed E-state index contributed by atoms with van der Waals surface area (Å²) in [5.74, 6) is -0.0456. The van der Waals surface area contributed by atoms with Gasteiger partial charge in [-0.1, -0.05) is 0 Å². The lowest BCUT2D eigenvalue weighted by molar-refractivity contribution is -0.141. The van der Waals surface area contributed by atoms with Crippen LogP contribution in [0.1, 0.15) is 17.8 Å². The third-order valence-electron chi connectivity index (χ3n) is 3.82. The topological polar surface area (TPSA) is 58.6 Å². The van der Waals surface area contributed by atoms with E-state index in [1.54, 1.807) is 26.1 Å². The first-order valence-corrected chi connectivity index (χ1v) is 7.60. The molecule has 1 saturated heterocycles. The number of hydrogen-bond acceptors (Lipinski definition) is 5. The number of aromatic nitrogens is 2.